The molecule has 1 heterocycles. The van der Waals surface area contributed by atoms with Crippen molar-refractivity contribution in [3.8, 4) is 11.4 Å². The van der Waals surface area contributed by atoms with Crippen LogP contribution < -0.4 is 15.6 Å². The molecule has 4 aromatic rings. The Labute approximate surface area is 196 Å². The van der Waals surface area contributed by atoms with Gasteiger partial charge in [-0.25, -0.2) is 4.98 Å². The molecule has 0 saturated heterocycles. The number of hydrogen-bond acceptors (Lipinski definition) is 6. The zero-order valence-electron chi connectivity index (χ0n) is 17.5. The third-order valence-corrected chi connectivity index (χ3v) is 5.62. The molecule has 1 aromatic heterocycles. The van der Waals surface area contributed by atoms with Gasteiger partial charge in [-0.1, -0.05) is 42.1 Å². The number of carbonyl (C=O) groups is 2. The highest BCUT2D eigenvalue weighted by atomic mass is 32.2. The lowest BCUT2D eigenvalue weighted by Gasteiger charge is -2.14. The number of thioether (sulfide) groups is 1. The quantitative estimate of drug-likeness (QED) is 0.317. The molecule has 0 radical (unpaired) electrons. The van der Waals surface area contributed by atoms with Crippen LogP contribution in [0, 0.1) is 0 Å². The van der Waals surface area contributed by atoms with Crippen molar-refractivity contribution in [3.63, 3.8) is 0 Å². The molecule has 4 rings (SSSR count). The Hall–Kier alpha value is -4.05. The fourth-order valence-electron chi connectivity index (χ4n) is 3.17. The Bertz CT molecular complexity index is 1390. The molecule has 172 valence electrons. The third kappa shape index (κ3) is 5.29. The third-order valence-electron chi connectivity index (χ3n) is 4.69. The normalized spacial score (nSPS) is 10.9. The molecule has 2 amide bonds. The fourth-order valence-corrected chi connectivity index (χ4v) is 3.98. The van der Waals surface area contributed by atoms with E-state index in [4.69, 9.17) is 0 Å². The minimum atomic E-state index is -2.97. The van der Waals surface area contributed by atoms with Gasteiger partial charge in [0.2, 0.25) is 5.91 Å². The topological polar surface area (TPSA) is 90.3 Å². The van der Waals surface area contributed by atoms with Crippen LogP contribution in [0.5, 0.6) is 5.75 Å². The summed E-state index contributed by atoms with van der Waals surface area (Å²) in [7, 11) is 0. The van der Waals surface area contributed by atoms with E-state index in [1.165, 1.54) is 28.8 Å². The number of fused-ring (bicyclic) bond motifs is 1. The smallest absolute Gasteiger partial charge is 0.387 e. The van der Waals surface area contributed by atoms with Crippen molar-refractivity contribution in [2.24, 2.45) is 0 Å². The molecule has 0 atom stereocenters. The highest BCUT2D eigenvalue weighted by Gasteiger charge is 2.16. The Balaban J connectivity index is 1.62. The lowest BCUT2D eigenvalue weighted by Crippen LogP contribution is -2.32. The number of nitrogens with zero attached hydrogens (tertiary/aromatic N) is 2. The van der Waals surface area contributed by atoms with Crippen molar-refractivity contribution < 1.29 is 23.1 Å². The summed E-state index contributed by atoms with van der Waals surface area (Å²) >= 11 is 0.967. The Morgan fingerprint density at radius 1 is 0.971 bits per heavy atom. The summed E-state index contributed by atoms with van der Waals surface area (Å²) in [5.41, 5.74) is 0.738. The summed E-state index contributed by atoms with van der Waals surface area (Å²) in [5, 5.41) is 2.85. The van der Waals surface area contributed by atoms with Gasteiger partial charge in [0.15, 0.2) is 5.16 Å². The van der Waals surface area contributed by atoms with Gasteiger partial charge in [0.05, 0.1) is 22.3 Å². The predicted molar refractivity (Wildman–Crippen MR) is 124 cm³/mol. The van der Waals surface area contributed by atoms with Crippen LogP contribution in [0.2, 0.25) is 0 Å². The monoisotopic (exact) mass is 481 g/mol. The van der Waals surface area contributed by atoms with Crippen LogP contribution in [0.3, 0.4) is 0 Å². The van der Waals surface area contributed by atoms with E-state index in [1.54, 1.807) is 54.6 Å². The predicted octanol–water partition coefficient (Wildman–Crippen LogP) is 4.04. The number of rotatable bonds is 7. The summed E-state index contributed by atoms with van der Waals surface area (Å²) in [6.45, 7) is -2.97. The average Bonchev–Trinajstić information content (AvgIpc) is 2.84. The summed E-state index contributed by atoms with van der Waals surface area (Å²) < 4.78 is 30.6. The number of alkyl halides is 2. The molecule has 34 heavy (non-hydrogen) atoms. The number of imide groups is 1. The van der Waals surface area contributed by atoms with Crippen molar-refractivity contribution in [2.45, 2.75) is 11.8 Å². The standard InChI is InChI=1S/C24H17F2N3O4S/c25-23(26)33-17-12-10-16(11-13-17)29-22(32)18-8-4-5-9-19(18)27-24(29)34-14-20(30)28-21(31)15-6-2-1-3-7-15/h1-13,23H,14H2,(H,28,30,31). The molecule has 0 aliphatic heterocycles. The van der Waals surface area contributed by atoms with Crippen molar-refractivity contribution in [3.05, 3.63) is 94.8 Å². The minimum absolute atomic E-state index is 0.0615. The average molecular weight is 481 g/mol. The number of hydrogen-bond donors (Lipinski definition) is 1. The van der Waals surface area contributed by atoms with E-state index in [1.807, 2.05) is 0 Å². The largest absolute Gasteiger partial charge is 0.435 e. The molecule has 0 fully saturated rings. The summed E-state index contributed by atoms with van der Waals surface area (Å²) in [6.07, 6.45) is 0. The van der Waals surface area contributed by atoms with Crippen molar-refractivity contribution >= 4 is 34.5 Å². The molecule has 0 saturated carbocycles. The molecule has 1 N–H and O–H groups in total. The molecule has 0 bridgehead atoms. The van der Waals surface area contributed by atoms with Gasteiger partial charge in [0, 0.05) is 5.56 Å². The second-order valence-corrected chi connectivity index (χ2v) is 7.90. The van der Waals surface area contributed by atoms with E-state index in [0.29, 0.717) is 22.2 Å². The molecule has 0 aliphatic rings. The Morgan fingerprint density at radius 3 is 2.35 bits per heavy atom. The van der Waals surface area contributed by atoms with Crippen LogP contribution in [0.25, 0.3) is 16.6 Å². The van der Waals surface area contributed by atoms with Crippen molar-refractivity contribution in [1.29, 1.82) is 0 Å². The maximum Gasteiger partial charge on any atom is 0.387 e. The first-order valence-corrected chi connectivity index (χ1v) is 11.0. The molecule has 0 aliphatic carbocycles. The highest BCUT2D eigenvalue weighted by Crippen LogP contribution is 2.23. The number of para-hydroxylation sites is 1. The molecule has 0 spiro atoms. The first kappa shape index (κ1) is 23.1. The lowest BCUT2D eigenvalue weighted by atomic mass is 10.2. The molecular formula is C24H17F2N3O4S. The van der Waals surface area contributed by atoms with Gasteiger partial charge in [-0.15, -0.1) is 0 Å². The number of halogens is 2. The van der Waals surface area contributed by atoms with E-state index < -0.39 is 24.0 Å². The number of benzene rings is 3. The number of carbonyl (C=O) groups excluding carboxylic acids is 2. The van der Waals surface area contributed by atoms with E-state index in [9.17, 15) is 23.2 Å². The van der Waals surface area contributed by atoms with Gasteiger partial charge < -0.3 is 4.74 Å². The van der Waals surface area contributed by atoms with Gasteiger partial charge in [0.1, 0.15) is 5.75 Å². The summed E-state index contributed by atoms with van der Waals surface area (Å²) in [5.74, 6) is -1.35. The zero-order valence-corrected chi connectivity index (χ0v) is 18.3. The van der Waals surface area contributed by atoms with Gasteiger partial charge in [-0.05, 0) is 48.5 Å². The Morgan fingerprint density at radius 2 is 1.65 bits per heavy atom. The Kier molecular flexibility index (Phi) is 6.98. The summed E-state index contributed by atoms with van der Waals surface area (Å²) in [4.78, 5) is 42.3. The second kappa shape index (κ2) is 10.3. The molecule has 0 unspecified atom stereocenters. The molecule has 7 nitrogen and oxygen atoms in total. The van der Waals surface area contributed by atoms with Crippen molar-refractivity contribution in [1.82, 2.24) is 14.9 Å². The maximum atomic E-state index is 13.2. The maximum absolute atomic E-state index is 13.2. The second-order valence-electron chi connectivity index (χ2n) is 6.96. The van der Waals surface area contributed by atoms with E-state index in [0.717, 1.165) is 11.8 Å². The first-order chi connectivity index (χ1) is 16.4. The van der Waals surface area contributed by atoms with Gasteiger partial charge in [-0.3, -0.25) is 24.3 Å². The van der Waals surface area contributed by atoms with Gasteiger partial charge >= 0.3 is 6.61 Å². The number of aromatic nitrogens is 2. The van der Waals surface area contributed by atoms with Gasteiger partial charge in [0.25, 0.3) is 11.5 Å². The number of amides is 2. The molecule has 10 heteroatoms. The fraction of sp³-hybridized carbons (Fsp3) is 0.0833. The van der Waals surface area contributed by atoms with E-state index >= 15 is 0 Å². The van der Waals surface area contributed by atoms with Crippen LogP contribution in [0.4, 0.5) is 8.78 Å². The minimum Gasteiger partial charge on any atom is -0.435 e. The van der Waals surface area contributed by atoms with Crippen molar-refractivity contribution in [2.75, 3.05) is 5.75 Å². The van der Waals surface area contributed by atoms with Crippen LogP contribution in [0.15, 0.2) is 88.8 Å². The molecular weight excluding hydrogens is 464 g/mol. The SMILES string of the molecule is O=C(CSc1nc2ccccc2c(=O)n1-c1ccc(OC(F)F)cc1)NC(=O)c1ccccc1. The lowest BCUT2D eigenvalue weighted by molar-refractivity contribution is -0.117. The highest BCUT2D eigenvalue weighted by molar-refractivity contribution is 7.99. The van der Waals surface area contributed by atoms with Crippen LogP contribution >= 0.6 is 11.8 Å². The zero-order chi connectivity index (χ0) is 24.1. The van der Waals surface area contributed by atoms with Crippen LogP contribution in [0.1, 0.15) is 10.4 Å². The number of nitrogens with one attached hydrogen (secondary N) is 1. The van der Waals surface area contributed by atoms with E-state index in [-0.39, 0.29) is 16.7 Å². The van der Waals surface area contributed by atoms with Crippen LogP contribution in [-0.2, 0) is 4.79 Å². The summed E-state index contributed by atoms with van der Waals surface area (Å²) in [6, 6.07) is 20.5. The van der Waals surface area contributed by atoms with Gasteiger partial charge in [-0.2, -0.15) is 8.78 Å². The first-order valence-electron chi connectivity index (χ1n) is 10.0. The van der Waals surface area contributed by atoms with E-state index in [2.05, 4.69) is 15.0 Å². The number of ether oxygens (including phenoxy) is 1. The molecule has 3 aromatic carbocycles. The van der Waals surface area contributed by atoms with Crippen LogP contribution in [-0.4, -0.2) is 33.7 Å².